The van der Waals surface area contributed by atoms with Gasteiger partial charge < -0.3 is 5.32 Å². The van der Waals surface area contributed by atoms with E-state index in [1.54, 1.807) is 12.1 Å². The van der Waals surface area contributed by atoms with Crippen molar-refractivity contribution in [3.63, 3.8) is 0 Å². The molecule has 25 heavy (non-hydrogen) atoms. The van der Waals surface area contributed by atoms with E-state index in [2.05, 4.69) is 20.5 Å². The van der Waals surface area contributed by atoms with Gasteiger partial charge in [-0.2, -0.15) is 5.11 Å². The van der Waals surface area contributed by atoms with Crippen molar-refractivity contribution >= 4 is 28.6 Å². The monoisotopic (exact) mass is 356 g/mol. The van der Waals surface area contributed by atoms with Gasteiger partial charge in [-0.3, -0.25) is 9.59 Å². The van der Waals surface area contributed by atoms with Gasteiger partial charge >= 0.3 is 0 Å². The molecule has 0 aliphatic carbocycles. The van der Waals surface area contributed by atoms with Gasteiger partial charge in [0.1, 0.15) is 0 Å². The Bertz CT molecular complexity index is 731. The molecule has 2 aromatic rings. The van der Waals surface area contributed by atoms with E-state index in [0.717, 1.165) is 5.56 Å². The van der Waals surface area contributed by atoms with Crippen LogP contribution in [0.5, 0.6) is 0 Å². The Morgan fingerprint density at radius 3 is 2.56 bits per heavy atom. The molecule has 6 nitrogen and oxygen atoms in total. The molecule has 0 spiro atoms. The summed E-state index contributed by atoms with van der Waals surface area (Å²) < 4.78 is 0. The summed E-state index contributed by atoms with van der Waals surface area (Å²) in [5, 5.41) is 10.5. The summed E-state index contributed by atoms with van der Waals surface area (Å²) in [6.45, 7) is 3.81. The molecule has 0 saturated heterocycles. The van der Waals surface area contributed by atoms with Crippen molar-refractivity contribution in [2.45, 2.75) is 25.6 Å². The van der Waals surface area contributed by atoms with Gasteiger partial charge in [-0.1, -0.05) is 42.1 Å². The predicted molar refractivity (Wildman–Crippen MR) is 99.0 cm³/mol. The lowest BCUT2D eigenvalue weighted by Crippen LogP contribution is -2.28. The molecule has 2 rings (SSSR count). The van der Waals surface area contributed by atoms with Crippen molar-refractivity contribution < 1.29 is 9.59 Å². The number of nitrogens with zero attached hydrogens (tertiary/aromatic N) is 3. The lowest BCUT2D eigenvalue weighted by Gasteiger charge is -2.05. The molecule has 0 fully saturated rings. The summed E-state index contributed by atoms with van der Waals surface area (Å²) in [4.78, 5) is 28.0. The summed E-state index contributed by atoms with van der Waals surface area (Å²) in [6.07, 6.45) is 1.42. The summed E-state index contributed by atoms with van der Waals surface area (Å²) in [5.74, 6) is 0.695. The minimum Gasteiger partial charge on any atom is -0.344 e. The zero-order valence-electron chi connectivity index (χ0n) is 14.2. The van der Waals surface area contributed by atoms with E-state index in [-0.39, 0.29) is 23.6 Å². The molecule has 130 valence electrons. The number of thioether (sulfide) groups is 1. The second-order valence-corrected chi connectivity index (χ2v) is 6.58. The zero-order valence-corrected chi connectivity index (χ0v) is 15.0. The van der Waals surface area contributed by atoms with Crippen LogP contribution < -0.4 is 5.32 Å². The first-order valence-corrected chi connectivity index (χ1v) is 8.88. The first-order chi connectivity index (χ1) is 12.0. The van der Waals surface area contributed by atoms with Crippen molar-refractivity contribution in [3.05, 3.63) is 59.8 Å². The molecule has 0 saturated carbocycles. The van der Waals surface area contributed by atoms with Crippen molar-refractivity contribution in [1.29, 1.82) is 0 Å². The van der Waals surface area contributed by atoms with E-state index in [1.807, 2.05) is 44.2 Å². The third-order valence-corrected chi connectivity index (χ3v) is 3.98. The molecule has 1 amide bonds. The Balaban J connectivity index is 1.78. The molecule has 0 aliphatic heterocycles. The lowest BCUT2D eigenvalue weighted by atomic mass is 10.2. The number of hydrogen-bond acceptors (Lipinski definition) is 6. The minimum absolute atomic E-state index is 0.0227. The van der Waals surface area contributed by atoms with Crippen LogP contribution in [0.1, 0.15) is 29.8 Å². The Labute approximate surface area is 151 Å². The van der Waals surface area contributed by atoms with Gasteiger partial charge in [0.05, 0.1) is 18.2 Å². The van der Waals surface area contributed by atoms with Crippen LogP contribution in [0.2, 0.25) is 0 Å². The molecule has 0 bridgehead atoms. The highest BCUT2D eigenvalue weighted by Crippen LogP contribution is 2.13. The fourth-order valence-corrected chi connectivity index (χ4v) is 2.49. The highest BCUT2D eigenvalue weighted by atomic mass is 32.2. The Morgan fingerprint density at radius 2 is 1.92 bits per heavy atom. The number of carbonyl (C=O) groups is 2. The number of amides is 1. The van der Waals surface area contributed by atoms with E-state index in [4.69, 9.17) is 0 Å². The SMILES string of the molecule is CC(C)N=Nc1ccc(C(=O)NCC(=O)SCc2ccccc2)cn1. The van der Waals surface area contributed by atoms with E-state index in [0.29, 0.717) is 17.1 Å². The molecule has 1 aromatic carbocycles. The Morgan fingerprint density at radius 1 is 1.16 bits per heavy atom. The van der Waals surface area contributed by atoms with Crippen LogP contribution in [0, 0.1) is 0 Å². The summed E-state index contributed by atoms with van der Waals surface area (Å²) >= 11 is 1.18. The highest BCUT2D eigenvalue weighted by Gasteiger charge is 2.09. The van der Waals surface area contributed by atoms with Crippen LogP contribution in [-0.2, 0) is 10.5 Å². The highest BCUT2D eigenvalue weighted by molar-refractivity contribution is 8.13. The number of carbonyl (C=O) groups excluding carboxylic acids is 2. The Kier molecular flexibility index (Phi) is 7.28. The van der Waals surface area contributed by atoms with Gasteiger partial charge in [-0.05, 0) is 31.5 Å². The van der Waals surface area contributed by atoms with E-state index >= 15 is 0 Å². The number of hydrogen-bond donors (Lipinski definition) is 1. The third kappa shape index (κ3) is 6.84. The first-order valence-electron chi connectivity index (χ1n) is 7.89. The number of aromatic nitrogens is 1. The van der Waals surface area contributed by atoms with Crippen molar-refractivity contribution in [3.8, 4) is 0 Å². The fourth-order valence-electron chi connectivity index (χ4n) is 1.80. The zero-order chi connectivity index (χ0) is 18.1. The van der Waals surface area contributed by atoms with Crippen LogP contribution in [0.4, 0.5) is 5.82 Å². The smallest absolute Gasteiger partial charge is 0.253 e. The van der Waals surface area contributed by atoms with Gasteiger partial charge in [0, 0.05) is 11.9 Å². The number of pyridine rings is 1. The first kappa shape index (κ1) is 18.8. The largest absolute Gasteiger partial charge is 0.344 e. The third-order valence-electron chi connectivity index (χ3n) is 3.04. The summed E-state index contributed by atoms with van der Waals surface area (Å²) in [5.41, 5.74) is 1.45. The lowest BCUT2D eigenvalue weighted by molar-refractivity contribution is -0.110. The second-order valence-electron chi connectivity index (χ2n) is 5.54. The Hall–Kier alpha value is -2.54. The predicted octanol–water partition coefficient (Wildman–Crippen LogP) is 3.76. The molecular weight excluding hydrogens is 336 g/mol. The second kappa shape index (κ2) is 9.68. The summed E-state index contributed by atoms with van der Waals surface area (Å²) in [6, 6.07) is 13.0. The van der Waals surface area contributed by atoms with Crippen molar-refractivity contribution in [2.75, 3.05) is 6.54 Å². The molecule has 1 aromatic heterocycles. The molecular formula is C18H20N4O2S. The van der Waals surface area contributed by atoms with Crippen LogP contribution >= 0.6 is 11.8 Å². The van der Waals surface area contributed by atoms with Crippen molar-refractivity contribution in [1.82, 2.24) is 10.3 Å². The molecule has 1 heterocycles. The van der Waals surface area contributed by atoms with E-state index < -0.39 is 0 Å². The van der Waals surface area contributed by atoms with Crippen LogP contribution in [0.25, 0.3) is 0 Å². The molecule has 1 N–H and O–H groups in total. The maximum absolute atomic E-state index is 12.0. The molecule has 7 heteroatoms. The van der Waals surface area contributed by atoms with Crippen LogP contribution in [0.3, 0.4) is 0 Å². The molecule has 0 unspecified atom stereocenters. The maximum atomic E-state index is 12.0. The average molecular weight is 356 g/mol. The number of benzene rings is 1. The van der Waals surface area contributed by atoms with Crippen molar-refractivity contribution in [2.24, 2.45) is 10.2 Å². The number of rotatable bonds is 7. The minimum atomic E-state index is -0.339. The standard InChI is InChI=1S/C18H20N4O2S/c1-13(2)21-22-16-9-8-15(10-19-16)18(24)20-11-17(23)25-12-14-6-4-3-5-7-14/h3-10,13H,11-12H2,1-2H3,(H,20,24). The van der Waals surface area contributed by atoms with Gasteiger partial charge in [-0.25, -0.2) is 4.98 Å². The number of azo groups is 1. The molecule has 0 aliphatic rings. The maximum Gasteiger partial charge on any atom is 0.253 e. The van der Waals surface area contributed by atoms with Gasteiger partial charge in [0.25, 0.3) is 5.91 Å². The van der Waals surface area contributed by atoms with Gasteiger partial charge in [0.2, 0.25) is 5.12 Å². The van der Waals surface area contributed by atoms with Gasteiger partial charge in [0.15, 0.2) is 5.82 Å². The molecule has 0 atom stereocenters. The average Bonchev–Trinajstić information content (AvgIpc) is 2.64. The number of nitrogens with one attached hydrogen (secondary N) is 1. The molecule has 0 radical (unpaired) electrons. The van der Waals surface area contributed by atoms with Gasteiger partial charge in [-0.15, -0.1) is 5.11 Å². The van der Waals surface area contributed by atoms with E-state index in [1.165, 1.54) is 18.0 Å². The van der Waals surface area contributed by atoms with E-state index in [9.17, 15) is 9.59 Å². The van der Waals surface area contributed by atoms with Crippen LogP contribution in [-0.4, -0.2) is 28.6 Å². The summed E-state index contributed by atoms with van der Waals surface area (Å²) in [7, 11) is 0. The normalized spacial score (nSPS) is 11.0. The van der Waals surface area contributed by atoms with Crippen LogP contribution in [0.15, 0.2) is 58.9 Å². The fraction of sp³-hybridized carbons (Fsp3) is 0.278. The quantitative estimate of drug-likeness (QED) is 0.766. The topological polar surface area (TPSA) is 83.8 Å².